The third kappa shape index (κ3) is 5.24. The van der Waals surface area contributed by atoms with Gasteiger partial charge in [-0.3, -0.25) is 19.3 Å². The molecule has 5 rings (SSSR count). The van der Waals surface area contributed by atoms with Crippen LogP contribution in [0.2, 0.25) is 0 Å². The third-order valence-electron chi connectivity index (χ3n) is 8.42. The van der Waals surface area contributed by atoms with E-state index in [1.165, 1.54) is 4.90 Å². The van der Waals surface area contributed by atoms with Crippen LogP contribution in [-0.2, 0) is 20.7 Å². The van der Waals surface area contributed by atoms with E-state index in [2.05, 4.69) is 16.7 Å². The van der Waals surface area contributed by atoms with Crippen molar-refractivity contribution in [1.82, 2.24) is 25.3 Å². The van der Waals surface area contributed by atoms with Gasteiger partial charge in [-0.2, -0.15) is 5.26 Å². The van der Waals surface area contributed by atoms with Crippen molar-refractivity contribution in [2.45, 2.75) is 88.7 Å². The monoisotopic (exact) mass is 550 g/mol. The molecule has 0 radical (unpaired) electrons. The van der Waals surface area contributed by atoms with E-state index in [0.717, 1.165) is 30.4 Å². The normalized spacial score (nSPS) is 26.4. The minimum absolute atomic E-state index is 0.00277. The van der Waals surface area contributed by atoms with E-state index in [0.29, 0.717) is 31.5 Å². The van der Waals surface area contributed by atoms with Gasteiger partial charge in [0.1, 0.15) is 17.7 Å². The quantitative estimate of drug-likeness (QED) is 0.551. The lowest BCUT2D eigenvalue weighted by molar-refractivity contribution is -0.141. The van der Waals surface area contributed by atoms with Crippen molar-refractivity contribution in [3.8, 4) is 6.07 Å². The molecule has 4 unspecified atom stereocenters. The maximum atomic E-state index is 13.7. The average molecular weight is 551 g/mol. The molecule has 3 fully saturated rings. The number of carbonyl (C=O) groups is 4. The lowest BCUT2D eigenvalue weighted by atomic mass is 10.0. The molecule has 2 N–H and O–H groups in total. The number of piperazine rings is 1. The topological polar surface area (TPSA) is 135 Å². The molecule has 4 aliphatic rings. The van der Waals surface area contributed by atoms with Gasteiger partial charge in [-0.25, -0.2) is 4.79 Å². The van der Waals surface area contributed by atoms with Crippen LogP contribution in [0.15, 0.2) is 18.2 Å². The summed E-state index contributed by atoms with van der Waals surface area (Å²) in [6.45, 7) is 6.49. The maximum Gasteiger partial charge on any atom is 0.408 e. The Morgan fingerprint density at radius 2 is 1.98 bits per heavy atom. The van der Waals surface area contributed by atoms with Gasteiger partial charge in [-0.05, 0) is 76.1 Å². The van der Waals surface area contributed by atoms with Gasteiger partial charge in [0.05, 0.1) is 18.2 Å². The first kappa shape index (κ1) is 27.9. The molecule has 0 spiro atoms. The molecule has 2 bridgehead atoms. The SMILES string of the molecule is CNC(=O)c1ccc2c(c1)CCC2N1C(=O)C2C[C@H]1CN2CC(NC(=O)OC(C)(C)C)C(=O)N1CCCC1C#N. The van der Waals surface area contributed by atoms with E-state index < -0.39 is 23.8 Å². The highest BCUT2D eigenvalue weighted by Crippen LogP contribution is 2.44. The fourth-order valence-electron chi connectivity index (χ4n) is 6.70. The van der Waals surface area contributed by atoms with Gasteiger partial charge in [-0.15, -0.1) is 0 Å². The number of hydrogen-bond acceptors (Lipinski definition) is 7. The number of rotatable bonds is 6. The first-order valence-corrected chi connectivity index (χ1v) is 14.1. The predicted octanol–water partition coefficient (Wildman–Crippen LogP) is 1.73. The average Bonchev–Trinajstić information content (AvgIpc) is 3.69. The van der Waals surface area contributed by atoms with Crippen LogP contribution in [0.25, 0.3) is 0 Å². The van der Waals surface area contributed by atoms with E-state index in [9.17, 15) is 24.4 Å². The zero-order valence-corrected chi connectivity index (χ0v) is 23.6. The van der Waals surface area contributed by atoms with Crippen molar-refractivity contribution in [2.24, 2.45) is 0 Å². The van der Waals surface area contributed by atoms with Crippen LogP contribution >= 0.6 is 0 Å². The lowest BCUT2D eigenvalue weighted by Crippen LogP contribution is -2.59. The number of ether oxygens (including phenoxy) is 1. The van der Waals surface area contributed by atoms with Gasteiger partial charge in [0, 0.05) is 38.3 Å². The fourth-order valence-corrected chi connectivity index (χ4v) is 6.70. The zero-order valence-electron chi connectivity index (χ0n) is 23.6. The molecule has 1 aromatic carbocycles. The highest BCUT2D eigenvalue weighted by molar-refractivity contribution is 5.94. The summed E-state index contributed by atoms with van der Waals surface area (Å²) < 4.78 is 5.43. The number of alkyl carbamates (subject to hydrolysis) is 1. The van der Waals surface area contributed by atoms with Crippen LogP contribution in [-0.4, -0.2) is 95.0 Å². The molecule has 11 nitrogen and oxygen atoms in total. The van der Waals surface area contributed by atoms with Crippen molar-refractivity contribution >= 4 is 23.8 Å². The second-order valence-electron chi connectivity index (χ2n) is 12.2. The Kier molecular flexibility index (Phi) is 7.48. The standard InChI is InChI=1S/C29H38N6O5/c1-29(2,3)40-28(39)32-22(26(37)34-11-5-6-19(34)14-30)16-33-15-20-13-24(33)27(38)35(20)23-10-8-17-12-18(25(36)31-4)7-9-21(17)23/h7,9,12,19-20,22-24H,5-6,8,10-11,13,15-16H2,1-4H3,(H,31,36)(H,32,39)/t19?,20-,22?,23?,24?/m0/s1. The van der Waals surface area contributed by atoms with Crippen molar-refractivity contribution in [2.75, 3.05) is 26.7 Å². The molecule has 40 heavy (non-hydrogen) atoms. The lowest BCUT2D eigenvalue weighted by Gasteiger charge is -2.39. The van der Waals surface area contributed by atoms with Gasteiger partial charge in [-0.1, -0.05) is 6.07 Å². The van der Waals surface area contributed by atoms with Crippen LogP contribution in [0.5, 0.6) is 0 Å². The minimum atomic E-state index is -0.931. The summed E-state index contributed by atoms with van der Waals surface area (Å²) >= 11 is 0. The van der Waals surface area contributed by atoms with E-state index in [1.807, 2.05) is 28.0 Å². The third-order valence-corrected chi connectivity index (χ3v) is 8.42. The first-order chi connectivity index (χ1) is 19.0. The number of hydrogen-bond donors (Lipinski definition) is 2. The number of nitrogens with zero attached hydrogens (tertiary/aromatic N) is 4. The molecular formula is C29H38N6O5. The summed E-state index contributed by atoms with van der Waals surface area (Å²) in [5.41, 5.74) is 2.08. The molecule has 11 heteroatoms. The second kappa shape index (κ2) is 10.7. The molecule has 5 atom stereocenters. The van der Waals surface area contributed by atoms with Crippen LogP contribution in [0.3, 0.4) is 0 Å². The fraction of sp³-hybridized carbons (Fsp3) is 0.621. The molecule has 214 valence electrons. The van der Waals surface area contributed by atoms with Crippen LogP contribution < -0.4 is 10.6 Å². The number of benzene rings is 1. The molecule has 0 aromatic heterocycles. The van der Waals surface area contributed by atoms with Crippen molar-refractivity contribution in [3.63, 3.8) is 0 Å². The Hall–Kier alpha value is -3.65. The van der Waals surface area contributed by atoms with Gasteiger partial charge >= 0.3 is 6.09 Å². The molecule has 3 heterocycles. The van der Waals surface area contributed by atoms with Gasteiger partial charge in [0.25, 0.3) is 5.91 Å². The van der Waals surface area contributed by atoms with E-state index in [1.54, 1.807) is 27.8 Å². The summed E-state index contributed by atoms with van der Waals surface area (Å²) in [5.74, 6) is -0.417. The number of carbonyl (C=O) groups excluding carboxylic acids is 4. The van der Waals surface area contributed by atoms with Gasteiger partial charge in [0.15, 0.2) is 0 Å². The smallest absolute Gasteiger partial charge is 0.408 e. The molecule has 4 amide bonds. The molecule has 1 aromatic rings. The van der Waals surface area contributed by atoms with Crippen LogP contribution in [0.4, 0.5) is 4.79 Å². The summed E-state index contributed by atoms with van der Waals surface area (Å²) in [4.78, 5) is 57.5. The number of aryl methyl sites for hydroxylation is 1. The van der Waals surface area contributed by atoms with Crippen molar-refractivity contribution < 1.29 is 23.9 Å². The van der Waals surface area contributed by atoms with Gasteiger partial charge < -0.3 is 25.2 Å². The Morgan fingerprint density at radius 1 is 1.20 bits per heavy atom. The van der Waals surface area contributed by atoms with Crippen LogP contribution in [0.1, 0.15) is 74.0 Å². The number of nitrogens with one attached hydrogen (secondary N) is 2. The highest BCUT2D eigenvalue weighted by Gasteiger charge is 2.53. The largest absolute Gasteiger partial charge is 0.444 e. The second-order valence-corrected chi connectivity index (χ2v) is 12.2. The summed E-state index contributed by atoms with van der Waals surface area (Å²) in [5, 5.41) is 14.9. The molecule has 1 aliphatic carbocycles. The molecular weight excluding hydrogens is 512 g/mol. The summed E-state index contributed by atoms with van der Waals surface area (Å²) in [7, 11) is 1.61. The van der Waals surface area contributed by atoms with Gasteiger partial charge in [0.2, 0.25) is 11.8 Å². The highest BCUT2D eigenvalue weighted by atomic mass is 16.6. The van der Waals surface area contributed by atoms with Crippen molar-refractivity contribution in [1.29, 1.82) is 5.26 Å². The summed E-state index contributed by atoms with van der Waals surface area (Å²) in [6, 6.07) is 6.04. The number of nitriles is 1. The van der Waals surface area contributed by atoms with E-state index in [4.69, 9.17) is 4.74 Å². The van der Waals surface area contributed by atoms with E-state index in [-0.39, 0.29) is 42.4 Å². The predicted molar refractivity (Wildman–Crippen MR) is 145 cm³/mol. The van der Waals surface area contributed by atoms with E-state index >= 15 is 0 Å². The Bertz CT molecular complexity index is 1250. The first-order valence-electron chi connectivity index (χ1n) is 14.1. The number of amides is 4. The number of fused-ring (bicyclic) bond motifs is 3. The molecule has 3 aliphatic heterocycles. The maximum absolute atomic E-state index is 13.7. The Balaban J connectivity index is 1.30. The Morgan fingerprint density at radius 3 is 2.65 bits per heavy atom. The Labute approximate surface area is 234 Å². The summed E-state index contributed by atoms with van der Waals surface area (Å²) in [6.07, 6.45) is 2.93. The van der Waals surface area contributed by atoms with Crippen molar-refractivity contribution in [3.05, 3.63) is 34.9 Å². The van der Waals surface area contributed by atoms with Crippen LogP contribution in [0, 0.1) is 11.3 Å². The number of likely N-dealkylation sites (tertiary alicyclic amines) is 3. The molecule has 0 saturated carbocycles. The minimum Gasteiger partial charge on any atom is -0.444 e. The molecule has 3 saturated heterocycles. The zero-order chi connectivity index (χ0) is 28.8.